The van der Waals surface area contributed by atoms with Crippen molar-refractivity contribution in [2.75, 3.05) is 10.6 Å². The Morgan fingerprint density at radius 2 is 1.69 bits per heavy atom. The highest BCUT2D eigenvalue weighted by Crippen LogP contribution is 2.30. The highest BCUT2D eigenvalue weighted by Gasteiger charge is 2.18. The van der Waals surface area contributed by atoms with E-state index in [4.69, 9.17) is 4.98 Å². The van der Waals surface area contributed by atoms with E-state index in [0.717, 1.165) is 57.6 Å². The molecule has 0 fully saturated rings. The lowest BCUT2D eigenvalue weighted by molar-refractivity contribution is 0.262. The monoisotopic (exact) mass is 589 g/mol. The van der Waals surface area contributed by atoms with Crippen LogP contribution in [-0.2, 0) is 12.8 Å². The first-order valence-electron chi connectivity index (χ1n) is 12.6. The van der Waals surface area contributed by atoms with Gasteiger partial charge in [-0.3, -0.25) is 0 Å². The summed E-state index contributed by atoms with van der Waals surface area (Å²) in [6, 6.07) is 20.6. The molecule has 1 atom stereocenters. The van der Waals surface area contributed by atoms with Gasteiger partial charge in [-0.2, -0.15) is 5.10 Å². The number of benzene rings is 3. The number of rotatable bonds is 7. The predicted molar refractivity (Wildman–Crippen MR) is 153 cm³/mol. The van der Waals surface area contributed by atoms with Crippen molar-refractivity contribution in [3.63, 3.8) is 0 Å². The summed E-state index contributed by atoms with van der Waals surface area (Å²) in [5.41, 5.74) is 6.89. The molecular weight excluding hydrogens is 564 g/mol. The van der Waals surface area contributed by atoms with E-state index in [9.17, 15) is 13.6 Å². The summed E-state index contributed by atoms with van der Waals surface area (Å²) in [5, 5.41) is 9.76. The van der Waals surface area contributed by atoms with Gasteiger partial charge < -0.3 is 10.6 Å². The molecule has 0 saturated carbocycles. The Bertz CT molecular complexity index is 1650. The number of fused-ring (bicyclic) bond motifs is 1. The molecule has 0 spiro atoms. The number of anilines is 2. The number of hydrogen-bond acceptors (Lipinski definition) is 3. The van der Waals surface area contributed by atoms with Gasteiger partial charge in [-0.1, -0.05) is 50.2 Å². The van der Waals surface area contributed by atoms with Crippen LogP contribution in [0, 0.1) is 11.6 Å². The normalized spacial score (nSPS) is 11.9. The fourth-order valence-corrected chi connectivity index (χ4v) is 4.92. The summed E-state index contributed by atoms with van der Waals surface area (Å²) in [4.78, 5) is 17.2. The lowest BCUT2D eigenvalue weighted by atomic mass is 9.95. The molecule has 0 saturated heterocycles. The minimum Gasteiger partial charge on any atom is -0.308 e. The molecule has 0 unspecified atom stereocenters. The second-order valence-corrected chi connectivity index (χ2v) is 10.2. The molecule has 198 valence electrons. The molecule has 9 heteroatoms. The number of urea groups is 1. The molecule has 0 radical (unpaired) electrons. The van der Waals surface area contributed by atoms with Gasteiger partial charge in [-0.15, -0.1) is 0 Å². The van der Waals surface area contributed by atoms with E-state index in [2.05, 4.69) is 63.7 Å². The summed E-state index contributed by atoms with van der Waals surface area (Å²) in [7, 11) is 0. The van der Waals surface area contributed by atoms with Crippen LogP contribution in [0.15, 0.2) is 83.5 Å². The number of carbonyl (C=O) groups is 1. The molecular formula is C30H26BrF2N5O. The van der Waals surface area contributed by atoms with E-state index in [1.54, 1.807) is 6.20 Å². The Labute approximate surface area is 233 Å². The fourth-order valence-electron chi connectivity index (χ4n) is 4.58. The minimum atomic E-state index is -1.03. The highest BCUT2D eigenvalue weighted by atomic mass is 79.9. The SMILES string of the molecule is CCc1ccccc1-c1cc([C@H](C)Cc2ccc(NC(=O)Nc3ccc(F)c(F)c3)cc2)n2ncc(Br)c2n1. The maximum Gasteiger partial charge on any atom is 0.323 e. The smallest absolute Gasteiger partial charge is 0.308 e. The van der Waals surface area contributed by atoms with Gasteiger partial charge in [-0.25, -0.2) is 23.1 Å². The summed E-state index contributed by atoms with van der Waals surface area (Å²) in [5.74, 6) is -1.88. The van der Waals surface area contributed by atoms with Gasteiger partial charge in [0.1, 0.15) is 0 Å². The van der Waals surface area contributed by atoms with Crippen molar-refractivity contribution in [3.8, 4) is 11.3 Å². The van der Waals surface area contributed by atoms with Crippen LogP contribution in [0.4, 0.5) is 25.0 Å². The first-order valence-corrected chi connectivity index (χ1v) is 13.4. The molecule has 0 aliphatic rings. The summed E-state index contributed by atoms with van der Waals surface area (Å²) < 4.78 is 29.2. The molecule has 2 amide bonds. The number of aryl methyl sites for hydroxylation is 1. The second kappa shape index (κ2) is 11.3. The van der Waals surface area contributed by atoms with Crippen molar-refractivity contribution in [2.45, 2.75) is 32.6 Å². The van der Waals surface area contributed by atoms with Crippen LogP contribution in [0.5, 0.6) is 0 Å². The number of hydrogen-bond donors (Lipinski definition) is 2. The van der Waals surface area contributed by atoms with Gasteiger partial charge in [0, 0.05) is 34.6 Å². The van der Waals surface area contributed by atoms with Gasteiger partial charge in [0.2, 0.25) is 0 Å². The molecule has 2 N–H and O–H groups in total. The standard InChI is InChI=1S/C30H26BrF2N5O/c1-3-20-6-4-5-7-23(20)27-16-28(38-29(37-27)24(31)17-34-38)18(2)14-19-8-10-21(11-9-19)35-30(39)36-22-12-13-25(32)26(33)15-22/h4-13,15-18H,3,14H2,1-2H3,(H2,35,36,39)/t18-/m1/s1. The number of halogens is 3. The van der Waals surface area contributed by atoms with Gasteiger partial charge in [0.15, 0.2) is 17.3 Å². The lowest BCUT2D eigenvalue weighted by Gasteiger charge is -2.17. The maximum atomic E-state index is 13.4. The summed E-state index contributed by atoms with van der Waals surface area (Å²) in [6.45, 7) is 4.29. The molecule has 0 bridgehead atoms. The first-order chi connectivity index (χ1) is 18.8. The van der Waals surface area contributed by atoms with Crippen LogP contribution < -0.4 is 10.6 Å². The Hall–Kier alpha value is -4.11. The zero-order valence-corrected chi connectivity index (χ0v) is 23.0. The van der Waals surface area contributed by atoms with E-state index in [-0.39, 0.29) is 11.6 Å². The highest BCUT2D eigenvalue weighted by molar-refractivity contribution is 9.10. The lowest BCUT2D eigenvalue weighted by Crippen LogP contribution is -2.19. The largest absolute Gasteiger partial charge is 0.323 e. The van der Waals surface area contributed by atoms with Crippen LogP contribution in [-0.4, -0.2) is 20.6 Å². The van der Waals surface area contributed by atoms with Crippen molar-refractivity contribution in [3.05, 3.63) is 112 Å². The van der Waals surface area contributed by atoms with Crippen molar-refractivity contribution in [2.24, 2.45) is 0 Å². The van der Waals surface area contributed by atoms with Crippen LogP contribution in [0.1, 0.15) is 36.6 Å². The van der Waals surface area contributed by atoms with Gasteiger partial charge in [0.25, 0.3) is 0 Å². The quantitative estimate of drug-likeness (QED) is 0.202. The van der Waals surface area contributed by atoms with Crippen molar-refractivity contribution >= 4 is 39.0 Å². The number of aromatic nitrogens is 3. The van der Waals surface area contributed by atoms with Gasteiger partial charge >= 0.3 is 6.03 Å². The van der Waals surface area contributed by atoms with E-state index in [0.29, 0.717) is 5.69 Å². The minimum absolute atomic E-state index is 0.116. The predicted octanol–water partition coefficient (Wildman–Crippen LogP) is 7.99. The Balaban J connectivity index is 1.33. The maximum absolute atomic E-state index is 13.4. The Kier molecular flexibility index (Phi) is 7.70. The van der Waals surface area contributed by atoms with Gasteiger partial charge in [-0.05, 0) is 70.2 Å². The van der Waals surface area contributed by atoms with E-state index in [1.807, 2.05) is 40.9 Å². The number of nitrogens with zero attached hydrogens (tertiary/aromatic N) is 3. The average molecular weight is 590 g/mol. The summed E-state index contributed by atoms with van der Waals surface area (Å²) >= 11 is 3.59. The molecule has 3 aromatic carbocycles. The Morgan fingerprint density at radius 1 is 0.974 bits per heavy atom. The van der Waals surface area contributed by atoms with Crippen molar-refractivity contribution < 1.29 is 13.6 Å². The van der Waals surface area contributed by atoms with Crippen LogP contribution >= 0.6 is 15.9 Å². The molecule has 2 aromatic heterocycles. The number of carbonyl (C=O) groups excluding carboxylic acids is 1. The van der Waals surface area contributed by atoms with Gasteiger partial charge in [0.05, 0.1) is 16.4 Å². The molecule has 0 aliphatic carbocycles. The second-order valence-electron chi connectivity index (χ2n) is 9.31. The van der Waals surface area contributed by atoms with Crippen LogP contribution in [0.3, 0.4) is 0 Å². The number of nitrogens with one attached hydrogen (secondary N) is 2. The topological polar surface area (TPSA) is 71.3 Å². The zero-order chi connectivity index (χ0) is 27.5. The third kappa shape index (κ3) is 5.83. The molecule has 6 nitrogen and oxygen atoms in total. The van der Waals surface area contributed by atoms with E-state index >= 15 is 0 Å². The van der Waals surface area contributed by atoms with Crippen molar-refractivity contribution in [1.29, 1.82) is 0 Å². The van der Waals surface area contributed by atoms with Crippen LogP contribution in [0.2, 0.25) is 0 Å². The van der Waals surface area contributed by atoms with Crippen molar-refractivity contribution in [1.82, 2.24) is 14.6 Å². The Morgan fingerprint density at radius 3 is 2.44 bits per heavy atom. The number of amides is 2. The van der Waals surface area contributed by atoms with E-state index in [1.165, 1.54) is 11.6 Å². The zero-order valence-electron chi connectivity index (χ0n) is 21.4. The molecule has 5 aromatic rings. The third-order valence-electron chi connectivity index (χ3n) is 6.57. The molecule has 5 rings (SSSR count). The average Bonchev–Trinajstić information content (AvgIpc) is 3.31. The van der Waals surface area contributed by atoms with Crippen LogP contribution in [0.25, 0.3) is 16.9 Å². The fraction of sp³-hybridized carbons (Fsp3) is 0.167. The molecule has 2 heterocycles. The summed E-state index contributed by atoms with van der Waals surface area (Å²) in [6.07, 6.45) is 3.42. The molecule has 39 heavy (non-hydrogen) atoms. The first kappa shape index (κ1) is 26.5. The molecule has 0 aliphatic heterocycles. The third-order valence-corrected chi connectivity index (χ3v) is 7.13. The van der Waals surface area contributed by atoms with E-state index < -0.39 is 17.7 Å².